The monoisotopic (exact) mass is 212 g/mol. The van der Waals surface area contributed by atoms with Crippen molar-refractivity contribution in [3.8, 4) is 0 Å². The summed E-state index contributed by atoms with van der Waals surface area (Å²) in [7, 11) is 1.73. The van der Waals surface area contributed by atoms with Crippen molar-refractivity contribution in [3.63, 3.8) is 0 Å². The number of carbonyl (C=O) groups excluding carboxylic acids is 1. The second-order valence-corrected chi connectivity index (χ2v) is 3.33. The first-order valence-corrected chi connectivity index (χ1v) is 4.79. The Hall–Kier alpha value is -1.22. The molecule has 0 aliphatic rings. The summed E-state index contributed by atoms with van der Waals surface area (Å²) in [5.41, 5.74) is 0.638. The Morgan fingerprint density at radius 2 is 2.14 bits per heavy atom. The van der Waals surface area contributed by atoms with Crippen LogP contribution in [0.5, 0.6) is 0 Å². The Kier molecular flexibility index (Phi) is 3.77. The van der Waals surface area contributed by atoms with Gasteiger partial charge < -0.3 is 10.2 Å². The van der Waals surface area contributed by atoms with E-state index in [0.717, 1.165) is 0 Å². The number of nitrogens with one attached hydrogen (secondary N) is 1. The maximum absolute atomic E-state index is 11.5. The van der Waals surface area contributed by atoms with Crippen LogP contribution in [-0.2, 0) is 0 Å². The van der Waals surface area contributed by atoms with E-state index in [1.165, 1.54) is 0 Å². The number of hydrogen-bond donors (Lipinski definition) is 1. The van der Waals surface area contributed by atoms with E-state index in [2.05, 4.69) is 5.32 Å². The van der Waals surface area contributed by atoms with Gasteiger partial charge in [-0.1, -0.05) is 23.7 Å². The number of anilines is 1. The van der Waals surface area contributed by atoms with Crippen molar-refractivity contribution in [3.05, 3.63) is 29.3 Å². The average Bonchev–Trinajstić information content (AvgIpc) is 2.20. The van der Waals surface area contributed by atoms with Gasteiger partial charge in [0, 0.05) is 13.6 Å². The predicted octanol–water partition coefficient (Wildman–Crippen LogP) is 2.82. The van der Waals surface area contributed by atoms with Crippen LogP contribution >= 0.6 is 11.6 Å². The molecule has 76 valence electrons. The van der Waals surface area contributed by atoms with Gasteiger partial charge in [0.15, 0.2) is 0 Å². The van der Waals surface area contributed by atoms with E-state index >= 15 is 0 Å². The van der Waals surface area contributed by atoms with E-state index in [4.69, 9.17) is 11.6 Å². The molecule has 0 aliphatic heterocycles. The van der Waals surface area contributed by atoms with Gasteiger partial charge >= 0.3 is 6.03 Å². The fourth-order valence-electron chi connectivity index (χ4n) is 0.917. The summed E-state index contributed by atoms with van der Waals surface area (Å²) in [4.78, 5) is 13.0. The van der Waals surface area contributed by atoms with E-state index in [-0.39, 0.29) is 6.03 Å². The number of rotatable bonds is 2. The van der Waals surface area contributed by atoms with Gasteiger partial charge in [0.1, 0.15) is 0 Å². The topological polar surface area (TPSA) is 32.3 Å². The maximum atomic E-state index is 11.5. The molecule has 1 N–H and O–H groups in total. The van der Waals surface area contributed by atoms with Crippen molar-refractivity contribution in [2.24, 2.45) is 0 Å². The number of urea groups is 1. The van der Waals surface area contributed by atoms with Gasteiger partial charge in [0.25, 0.3) is 0 Å². The number of nitrogens with zero attached hydrogens (tertiary/aromatic N) is 1. The molecule has 14 heavy (non-hydrogen) atoms. The summed E-state index contributed by atoms with van der Waals surface area (Å²) in [5, 5.41) is 3.26. The van der Waals surface area contributed by atoms with Gasteiger partial charge in [-0.15, -0.1) is 0 Å². The molecule has 0 saturated heterocycles. The van der Waals surface area contributed by atoms with Crippen LogP contribution in [-0.4, -0.2) is 24.5 Å². The minimum Gasteiger partial charge on any atom is -0.328 e. The van der Waals surface area contributed by atoms with Crippen LogP contribution < -0.4 is 5.32 Å². The van der Waals surface area contributed by atoms with Crippen LogP contribution in [0.3, 0.4) is 0 Å². The quantitative estimate of drug-likeness (QED) is 0.804. The molecule has 3 nitrogen and oxygen atoms in total. The molecule has 2 amide bonds. The molecule has 1 rings (SSSR count). The predicted molar refractivity (Wildman–Crippen MR) is 58.8 cm³/mol. The van der Waals surface area contributed by atoms with Crippen molar-refractivity contribution in [1.29, 1.82) is 0 Å². The fourth-order valence-corrected chi connectivity index (χ4v) is 1.10. The third-order valence-corrected chi connectivity index (χ3v) is 2.27. The lowest BCUT2D eigenvalue weighted by atomic mass is 10.3. The molecule has 0 bridgehead atoms. The first kappa shape index (κ1) is 10.9. The second-order valence-electron chi connectivity index (χ2n) is 2.92. The largest absolute Gasteiger partial charge is 0.328 e. The minimum absolute atomic E-state index is 0.152. The molecule has 0 unspecified atom stereocenters. The average molecular weight is 213 g/mol. The zero-order chi connectivity index (χ0) is 10.6. The smallest absolute Gasteiger partial charge is 0.321 e. The number of carbonyl (C=O) groups is 1. The van der Waals surface area contributed by atoms with Gasteiger partial charge in [0.05, 0.1) is 10.7 Å². The Bertz CT molecular complexity index is 328. The molecule has 0 radical (unpaired) electrons. The van der Waals surface area contributed by atoms with E-state index in [1.54, 1.807) is 24.1 Å². The summed E-state index contributed by atoms with van der Waals surface area (Å²) in [6.07, 6.45) is 0. The normalized spacial score (nSPS) is 9.64. The molecule has 0 atom stereocenters. The molecule has 4 heteroatoms. The highest BCUT2D eigenvalue weighted by molar-refractivity contribution is 6.33. The zero-order valence-corrected chi connectivity index (χ0v) is 9.01. The summed E-state index contributed by atoms with van der Waals surface area (Å²) < 4.78 is 0. The van der Waals surface area contributed by atoms with Gasteiger partial charge in [-0.25, -0.2) is 4.79 Å². The molecule has 1 aromatic rings. The Morgan fingerprint density at radius 3 is 2.71 bits per heavy atom. The maximum Gasteiger partial charge on any atom is 0.321 e. The second kappa shape index (κ2) is 4.86. The van der Waals surface area contributed by atoms with Crippen LogP contribution in [0, 0.1) is 0 Å². The van der Waals surface area contributed by atoms with Gasteiger partial charge in [-0.05, 0) is 19.1 Å². The molecule has 1 aromatic carbocycles. The lowest BCUT2D eigenvalue weighted by molar-refractivity contribution is 0.224. The number of benzene rings is 1. The molecular formula is C10H13ClN2O. The van der Waals surface area contributed by atoms with Crippen LogP contribution in [0.15, 0.2) is 24.3 Å². The van der Waals surface area contributed by atoms with Crippen LogP contribution in [0.25, 0.3) is 0 Å². The van der Waals surface area contributed by atoms with Crippen molar-refractivity contribution < 1.29 is 4.79 Å². The number of halogens is 1. The van der Waals surface area contributed by atoms with Crippen LogP contribution in [0.2, 0.25) is 5.02 Å². The van der Waals surface area contributed by atoms with Crippen molar-refractivity contribution in [2.75, 3.05) is 18.9 Å². The van der Waals surface area contributed by atoms with Crippen molar-refractivity contribution in [2.45, 2.75) is 6.92 Å². The molecule has 0 heterocycles. The molecule has 0 saturated carbocycles. The van der Waals surface area contributed by atoms with E-state index in [1.807, 2.05) is 19.1 Å². The van der Waals surface area contributed by atoms with Gasteiger partial charge in [0.2, 0.25) is 0 Å². The molecule has 0 aliphatic carbocycles. The lowest BCUT2D eigenvalue weighted by Crippen LogP contribution is -2.30. The molecular weight excluding hydrogens is 200 g/mol. The first-order valence-electron chi connectivity index (χ1n) is 4.41. The minimum atomic E-state index is -0.152. The summed E-state index contributed by atoms with van der Waals surface area (Å²) in [6, 6.07) is 7.00. The first-order chi connectivity index (χ1) is 6.65. The van der Waals surface area contributed by atoms with E-state index < -0.39 is 0 Å². The number of para-hydroxylation sites is 1. The molecule has 0 aromatic heterocycles. The third-order valence-electron chi connectivity index (χ3n) is 1.94. The summed E-state index contributed by atoms with van der Waals surface area (Å²) in [5.74, 6) is 0. The van der Waals surface area contributed by atoms with E-state index in [9.17, 15) is 4.79 Å². The number of amides is 2. The van der Waals surface area contributed by atoms with Crippen molar-refractivity contribution in [1.82, 2.24) is 4.90 Å². The highest BCUT2D eigenvalue weighted by atomic mass is 35.5. The molecule has 0 spiro atoms. The van der Waals surface area contributed by atoms with Crippen molar-refractivity contribution >= 4 is 23.3 Å². The SMILES string of the molecule is CCN(C)C(=O)Nc1ccccc1Cl. The standard InChI is InChI=1S/C10H13ClN2O/c1-3-13(2)10(14)12-9-7-5-4-6-8(9)11/h4-7H,3H2,1-2H3,(H,12,14). The Labute approximate surface area is 88.7 Å². The van der Waals surface area contributed by atoms with Crippen LogP contribution in [0.4, 0.5) is 10.5 Å². The van der Waals surface area contributed by atoms with Gasteiger partial charge in [-0.2, -0.15) is 0 Å². The molecule has 0 fully saturated rings. The zero-order valence-electron chi connectivity index (χ0n) is 8.25. The fraction of sp³-hybridized carbons (Fsp3) is 0.300. The van der Waals surface area contributed by atoms with Crippen LogP contribution in [0.1, 0.15) is 6.92 Å². The van der Waals surface area contributed by atoms with Gasteiger partial charge in [-0.3, -0.25) is 0 Å². The summed E-state index contributed by atoms with van der Waals surface area (Å²) >= 11 is 5.88. The summed E-state index contributed by atoms with van der Waals surface area (Å²) in [6.45, 7) is 2.57. The Balaban J connectivity index is 2.70. The highest BCUT2D eigenvalue weighted by Crippen LogP contribution is 2.20. The lowest BCUT2D eigenvalue weighted by Gasteiger charge is -2.15. The Morgan fingerprint density at radius 1 is 1.50 bits per heavy atom. The third kappa shape index (κ3) is 2.64. The van der Waals surface area contributed by atoms with E-state index in [0.29, 0.717) is 17.3 Å². The number of hydrogen-bond acceptors (Lipinski definition) is 1. The highest BCUT2D eigenvalue weighted by Gasteiger charge is 2.07.